The molecule has 0 atom stereocenters. The van der Waals surface area contributed by atoms with Gasteiger partial charge in [0.25, 0.3) is 0 Å². The van der Waals surface area contributed by atoms with Gasteiger partial charge in [0.2, 0.25) is 5.91 Å². The summed E-state index contributed by atoms with van der Waals surface area (Å²) in [5.41, 5.74) is 0.117. The van der Waals surface area contributed by atoms with Crippen LogP contribution in [0.1, 0.15) is 13.8 Å². The van der Waals surface area contributed by atoms with Gasteiger partial charge < -0.3 is 10.6 Å². The number of halogens is 2. The van der Waals surface area contributed by atoms with Crippen molar-refractivity contribution in [1.29, 1.82) is 0 Å². The molecule has 17 heavy (non-hydrogen) atoms. The number of rotatable bonds is 5. The lowest BCUT2D eigenvalue weighted by atomic mass is 10.2. The lowest BCUT2D eigenvalue weighted by molar-refractivity contribution is -0.119. The Balaban J connectivity index is 2.42. The van der Waals surface area contributed by atoms with Crippen LogP contribution in [0.4, 0.5) is 14.5 Å². The van der Waals surface area contributed by atoms with Crippen molar-refractivity contribution in [3.05, 3.63) is 29.8 Å². The number of carbonyl (C=O) groups is 1. The van der Waals surface area contributed by atoms with Crippen LogP contribution in [-0.2, 0) is 4.79 Å². The fourth-order valence-corrected chi connectivity index (χ4v) is 1.19. The summed E-state index contributed by atoms with van der Waals surface area (Å²) in [6.45, 7) is 4.50. The van der Waals surface area contributed by atoms with E-state index in [0.29, 0.717) is 12.5 Å². The molecule has 0 saturated carbocycles. The third-order valence-electron chi connectivity index (χ3n) is 2.08. The molecule has 1 aromatic rings. The number of carbonyl (C=O) groups excluding carboxylic acids is 1. The minimum absolute atomic E-state index is 0.0325. The standard InChI is InChI=1S/C12H16F2N2O/c1-8(2)6-16-12(17)7-15-11-4-3-9(13)5-10(11)14/h3-5,8,15H,6-7H2,1-2H3,(H,16,17). The molecule has 0 aliphatic heterocycles. The molecule has 2 N–H and O–H groups in total. The van der Waals surface area contributed by atoms with Crippen LogP contribution >= 0.6 is 0 Å². The number of amides is 1. The quantitative estimate of drug-likeness (QED) is 0.830. The monoisotopic (exact) mass is 242 g/mol. The van der Waals surface area contributed by atoms with Crippen LogP contribution in [0.15, 0.2) is 18.2 Å². The van der Waals surface area contributed by atoms with Crippen LogP contribution in [0.2, 0.25) is 0 Å². The van der Waals surface area contributed by atoms with Crippen molar-refractivity contribution in [2.45, 2.75) is 13.8 Å². The summed E-state index contributed by atoms with van der Waals surface area (Å²) >= 11 is 0. The maximum atomic E-state index is 13.2. The minimum Gasteiger partial charge on any atom is -0.374 e. The Hall–Kier alpha value is -1.65. The Bertz CT molecular complexity index is 394. The van der Waals surface area contributed by atoms with E-state index in [4.69, 9.17) is 0 Å². The van der Waals surface area contributed by atoms with Crippen LogP contribution in [0.5, 0.6) is 0 Å². The van der Waals surface area contributed by atoms with Gasteiger partial charge >= 0.3 is 0 Å². The fraction of sp³-hybridized carbons (Fsp3) is 0.417. The summed E-state index contributed by atoms with van der Waals surface area (Å²) in [4.78, 5) is 11.3. The van der Waals surface area contributed by atoms with Gasteiger partial charge in [0, 0.05) is 12.6 Å². The van der Waals surface area contributed by atoms with Gasteiger partial charge in [-0.3, -0.25) is 4.79 Å². The fourth-order valence-electron chi connectivity index (χ4n) is 1.19. The molecular formula is C12H16F2N2O. The molecule has 94 valence electrons. The first-order valence-electron chi connectivity index (χ1n) is 5.44. The first kappa shape index (κ1) is 13.4. The van der Waals surface area contributed by atoms with Crippen LogP contribution in [0.3, 0.4) is 0 Å². The van der Waals surface area contributed by atoms with Crippen molar-refractivity contribution in [3.63, 3.8) is 0 Å². The largest absolute Gasteiger partial charge is 0.374 e. The van der Waals surface area contributed by atoms with Crippen LogP contribution in [0.25, 0.3) is 0 Å². The number of hydrogen-bond donors (Lipinski definition) is 2. The summed E-state index contributed by atoms with van der Waals surface area (Å²) in [5, 5.41) is 5.30. The molecule has 1 amide bonds. The van der Waals surface area contributed by atoms with Crippen LogP contribution < -0.4 is 10.6 Å². The topological polar surface area (TPSA) is 41.1 Å². The zero-order chi connectivity index (χ0) is 12.8. The molecular weight excluding hydrogens is 226 g/mol. The smallest absolute Gasteiger partial charge is 0.239 e. The van der Waals surface area contributed by atoms with Crippen molar-refractivity contribution < 1.29 is 13.6 Å². The maximum Gasteiger partial charge on any atom is 0.239 e. The molecule has 0 unspecified atom stereocenters. The van der Waals surface area contributed by atoms with Gasteiger partial charge in [-0.2, -0.15) is 0 Å². The van der Waals surface area contributed by atoms with Gasteiger partial charge in [0.15, 0.2) is 0 Å². The van der Waals surface area contributed by atoms with Crippen LogP contribution in [0, 0.1) is 17.6 Å². The highest BCUT2D eigenvalue weighted by atomic mass is 19.1. The summed E-state index contributed by atoms with van der Waals surface area (Å²) in [6.07, 6.45) is 0. The minimum atomic E-state index is -0.707. The molecule has 0 aliphatic carbocycles. The molecule has 0 heterocycles. The Morgan fingerprint density at radius 2 is 2.06 bits per heavy atom. The highest BCUT2D eigenvalue weighted by Crippen LogP contribution is 2.14. The first-order valence-corrected chi connectivity index (χ1v) is 5.44. The van der Waals surface area contributed by atoms with E-state index in [2.05, 4.69) is 10.6 Å². The third kappa shape index (κ3) is 4.80. The zero-order valence-electron chi connectivity index (χ0n) is 9.89. The van der Waals surface area contributed by atoms with E-state index in [0.717, 1.165) is 12.1 Å². The molecule has 0 fully saturated rings. The van der Waals surface area contributed by atoms with E-state index in [1.807, 2.05) is 13.8 Å². The molecule has 5 heteroatoms. The van der Waals surface area contributed by atoms with Crippen molar-refractivity contribution in [2.75, 3.05) is 18.4 Å². The second kappa shape index (κ2) is 6.18. The average Bonchev–Trinajstić information content (AvgIpc) is 2.25. The van der Waals surface area contributed by atoms with Crippen LogP contribution in [-0.4, -0.2) is 19.0 Å². The lowest BCUT2D eigenvalue weighted by Crippen LogP contribution is -2.32. The van der Waals surface area contributed by atoms with Gasteiger partial charge in [-0.05, 0) is 18.1 Å². The highest BCUT2D eigenvalue weighted by molar-refractivity contribution is 5.80. The molecule has 0 radical (unpaired) electrons. The predicted molar refractivity (Wildman–Crippen MR) is 62.7 cm³/mol. The number of anilines is 1. The normalized spacial score (nSPS) is 10.4. The molecule has 0 bridgehead atoms. The zero-order valence-corrected chi connectivity index (χ0v) is 9.89. The SMILES string of the molecule is CC(C)CNC(=O)CNc1ccc(F)cc1F. The first-order chi connectivity index (χ1) is 7.99. The van der Waals surface area contributed by atoms with E-state index >= 15 is 0 Å². The molecule has 1 rings (SSSR count). The molecule has 0 aromatic heterocycles. The van der Waals surface area contributed by atoms with E-state index in [1.54, 1.807) is 0 Å². The summed E-state index contributed by atoms with van der Waals surface area (Å²) in [6, 6.07) is 3.17. The van der Waals surface area contributed by atoms with Crippen molar-refractivity contribution in [1.82, 2.24) is 5.32 Å². The molecule has 3 nitrogen and oxygen atoms in total. The molecule has 0 saturated heterocycles. The van der Waals surface area contributed by atoms with Gasteiger partial charge in [-0.15, -0.1) is 0 Å². The predicted octanol–water partition coefficient (Wildman–Crippen LogP) is 2.15. The van der Waals surface area contributed by atoms with Crippen molar-refractivity contribution >= 4 is 11.6 Å². The Kier molecular flexibility index (Phi) is 4.87. The van der Waals surface area contributed by atoms with E-state index in [9.17, 15) is 13.6 Å². The van der Waals surface area contributed by atoms with Gasteiger partial charge in [0.1, 0.15) is 11.6 Å². The summed E-state index contributed by atoms with van der Waals surface area (Å²) in [7, 11) is 0. The maximum absolute atomic E-state index is 13.2. The Morgan fingerprint density at radius 3 is 2.65 bits per heavy atom. The van der Waals surface area contributed by atoms with Gasteiger partial charge in [-0.1, -0.05) is 13.8 Å². The third-order valence-corrected chi connectivity index (χ3v) is 2.08. The van der Waals surface area contributed by atoms with E-state index < -0.39 is 11.6 Å². The molecule has 0 aliphatic rings. The summed E-state index contributed by atoms with van der Waals surface area (Å²) < 4.78 is 25.8. The van der Waals surface area contributed by atoms with Crippen molar-refractivity contribution in [3.8, 4) is 0 Å². The average molecular weight is 242 g/mol. The number of hydrogen-bond acceptors (Lipinski definition) is 2. The second-order valence-electron chi connectivity index (χ2n) is 4.18. The molecule has 1 aromatic carbocycles. The van der Waals surface area contributed by atoms with E-state index in [-0.39, 0.29) is 18.1 Å². The number of benzene rings is 1. The lowest BCUT2D eigenvalue weighted by Gasteiger charge is -2.09. The van der Waals surface area contributed by atoms with Crippen molar-refractivity contribution in [2.24, 2.45) is 5.92 Å². The number of nitrogens with one attached hydrogen (secondary N) is 2. The van der Waals surface area contributed by atoms with Gasteiger partial charge in [0.05, 0.1) is 12.2 Å². The Morgan fingerprint density at radius 1 is 1.35 bits per heavy atom. The second-order valence-corrected chi connectivity index (χ2v) is 4.18. The van der Waals surface area contributed by atoms with E-state index in [1.165, 1.54) is 6.07 Å². The Labute approximate surface area is 99.2 Å². The summed E-state index contributed by atoms with van der Waals surface area (Å²) in [5.74, 6) is -1.21. The van der Waals surface area contributed by atoms with Gasteiger partial charge in [-0.25, -0.2) is 8.78 Å². The molecule has 0 spiro atoms. The highest BCUT2D eigenvalue weighted by Gasteiger charge is 2.06.